The Hall–Kier alpha value is -1.75. The number of fused-ring (bicyclic) bond motifs is 1. The molecule has 1 aliphatic rings. The van der Waals surface area contributed by atoms with E-state index in [-0.39, 0.29) is 6.10 Å². The van der Waals surface area contributed by atoms with Crippen molar-refractivity contribution < 1.29 is 5.11 Å². The molecule has 3 heterocycles. The number of pyridine rings is 1. The summed E-state index contributed by atoms with van der Waals surface area (Å²) in [5.74, 6) is 1.77. The molecular formula is C11H12N4O. The first-order chi connectivity index (χ1) is 7.84. The van der Waals surface area contributed by atoms with E-state index >= 15 is 0 Å². The molecule has 1 unspecified atom stereocenters. The quantitative estimate of drug-likeness (QED) is 0.760. The molecular weight excluding hydrogens is 204 g/mol. The molecule has 82 valence electrons. The lowest BCUT2D eigenvalue weighted by Crippen LogP contribution is -2.24. The van der Waals surface area contributed by atoms with Crippen LogP contribution in [0.4, 0.5) is 0 Å². The fourth-order valence-corrected chi connectivity index (χ4v) is 2.02. The Balaban J connectivity index is 2.07. The Bertz CT molecular complexity index is 494. The van der Waals surface area contributed by atoms with E-state index in [4.69, 9.17) is 0 Å². The fraction of sp³-hybridized carbons (Fsp3) is 0.364. The SMILES string of the molecule is OC1CCc2nnc(-c3ccncc3)n2C1. The van der Waals surface area contributed by atoms with Crippen LogP contribution in [0, 0.1) is 0 Å². The van der Waals surface area contributed by atoms with E-state index in [1.807, 2.05) is 16.7 Å². The first-order valence-electron chi connectivity index (χ1n) is 5.35. The Morgan fingerprint density at radius 1 is 1.25 bits per heavy atom. The average Bonchev–Trinajstić information content (AvgIpc) is 2.73. The van der Waals surface area contributed by atoms with Crippen LogP contribution in [-0.4, -0.2) is 31.0 Å². The van der Waals surface area contributed by atoms with E-state index in [0.717, 1.165) is 30.1 Å². The lowest BCUT2D eigenvalue weighted by Gasteiger charge is -2.19. The summed E-state index contributed by atoms with van der Waals surface area (Å²) in [6.07, 6.45) is 4.74. The molecule has 0 spiro atoms. The van der Waals surface area contributed by atoms with Gasteiger partial charge in [0.2, 0.25) is 0 Å². The largest absolute Gasteiger partial charge is 0.391 e. The minimum Gasteiger partial charge on any atom is -0.391 e. The van der Waals surface area contributed by atoms with Gasteiger partial charge in [0.15, 0.2) is 5.82 Å². The van der Waals surface area contributed by atoms with Gasteiger partial charge >= 0.3 is 0 Å². The lowest BCUT2D eigenvalue weighted by atomic mass is 10.1. The molecule has 0 bridgehead atoms. The molecule has 5 heteroatoms. The van der Waals surface area contributed by atoms with Crippen LogP contribution in [0.15, 0.2) is 24.5 Å². The van der Waals surface area contributed by atoms with Crippen molar-refractivity contribution in [3.8, 4) is 11.4 Å². The summed E-state index contributed by atoms with van der Waals surface area (Å²) < 4.78 is 1.99. The highest BCUT2D eigenvalue weighted by atomic mass is 16.3. The predicted molar refractivity (Wildman–Crippen MR) is 57.6 cm³/mol. The molecule has 1 atom stereocenters. The van der Waals surface area contributed by atoms with Gasteiger partial charge in [-0.1, -0.05) is 0 Å². The van der Waals surface area contributed by atoms with Crippen molar-refractivity contribution in [2.45, 2.75) is 25.5 Å². The van der Waals surface area contributed by atoms with Gasteiger partial charge in [0.25, 0.3) is 0 Å². The van der Waals surface area contributed by atoms with Gasteiger partial charge in [-0.2, -0.15) is 0 Å². The molecule has 3 rings (SSSR count). The van der Waals surface area contributed by atoms with Gasteiger partial charge in [-0.15, -0.1) is 10.2 Å². The number of hydrogen-bond donors (Lipinski definition) is 1. The summed E-state index contributed by atoms with van der Waals surface area (Å²) in [4.78, 5) is 3.98. The third-order valence-electron chi connectivity index (χ3n) is 2.86. The minimum absolute atomic E-state index is 0.288. The molecule has 5 nitrogen and oxygen atoms in total. The maximum absolute atomic E-state index is 9.66. The van der Waals surface area contributed by atoms with Gasteiger partial charge in [0.05, 0.1) is 12.6 Å². The van der Waals surface area contributed by atoms with Crippen molar-refractivity contribution in [2.75, 3.05) is 0 Å². The Labute approximate surface area is 92.8 Å². The van der Waals surface area contributed by atoms with Crippen molar-refractivity contribution in [1.82, 2.24) is 19.7 Å². The molecule has 1 aliphatic heterocycles. The van der Waals surface area contributed by atoms with Crippen molar-refractivity contribution in [3.05, 3.63) is 30.4 Å². The van der Waals surface area contributed by atoms with Crippen LogP contribution in [-0.2, 0) is 13.0 Å². The number of hydrogen-bond acceptors (Lipinski definition) is 4. The van der Waals surface area contributed by atoms with Crippen LogP contribution in [0.5, 0.6) is 0 Å². The van der Waals surface area contributed by atoms with E-state index in [1.54, 1.807) is 12.4 Å². The van der Waals surface area contributed by atoms with E-state index < -0.39 is 0 Å². The van der Waals surface area contributed by atoms with Crippen LogP contribution >= 0.6 is 0 Å². The van der Waals surface area contributed by atoms with Crippen LogP contribution in [0.2, 0.25) is 0 Å². The zero-order valence-corrected chi connectivity index (χ0v) is 8.74. The third-order valence-corrected chi connectivity index (χ3v) is 2.86. The number of nitrogens with zero attached hydrogens (tertiary/aromatic N) is 4. The highest BCUT2D eigenvalue weighted by Gasteiger charge is 2.21. The highest BCUT2D eigenvalue weighted by Crippen LogP contribution is 2.22. The third kappa shape index (κ3) is 1.49. The second-order valence-electron chi connectivity index (χ2n) is 3.98. The maximum atomic E-state index is 9.66. The van der Waals surface area contributed by atoms with Crippen molar-refractivity contribution in [2.24, 2.45) is 0 Å². The molecule has 16 heavy (non-hydrogen) atoms. The van der Waals surface area contributed by atoms with E-state index in [0.29, 0.717) is 6.54 Å². The first-order valence-corrected chi connectivity index (χ1v) is 5.35. The number of aliphatic hydroxyl groups is 1. The Morgan fingerprint density at radius 2 is 2.06 bits per heavy atom. The van der Waals surface area contributed by atoms with Crippen molar-refractivity contribution in [1.29, 1.82) is 0 Å². The standard InChI is InChI=1S/C11H12N4O/c16-9-1-2-10-13-14-11(15(10)7-9)8-3-5-12-6-4-8/h3-6,9,16H,1-2,7H2. The summed E-state index contributed by atoms with van der Waals surface area (Å²) >= 11 is 0. The second kappa shape index (κ2) is 3.68. The van der Waals surface area contributed by atoms with Crippen molar-refractivity contribution >= 4 is 0 Å². The molecule has 0 aromatic carbocycles. The summed E-state index contributed by atoms with van der Waals surface area (Å²) in [7, 11) is 0. The molecule has 2 aromatic rings. The van der Waals surface area contributed by atoms with Gasteiger partial charge in [-0.3, -0.25) is 4.98 Å². The minimum atomic E-state index is -0.288. The second-order valence-corrected chi connectivity index (χ2v) is 3.98. The summed E-state index contributed by atoms with van der Waals surface area (Å²) in [6, 6.07) is 3.80. The van der Waals surface area contributed by atoms with Crippen LogP contribution in [0.1, 0.15) is 12.2 Å². The van der Waals surface area contributed by atoms with Crippen LogP contribution < -0.4 is 0 Å². The Kier molecular flexibility index (Phi) is 2.18. The smallest absolute Gasteiger partial charge is 0.164 e. The normalized spacial score (nSPS) is 19.4. The van der Waals surface area contributed by atoms with Crippen LogP contribution in [0.25, 0.3) is 11.4 Å². The molecule has 0 aliphatic carbocycles. The monoisotopic (exact) mass is 216 g/mol. The maximum Gasteiger partial charge on any atom is 0.164 e. The van der Waals surface area contributed by atoms with Gasteiger partial charge in [0, 0.05) is 24.4 Å². The van der Waals surface area contributed by atoms with Crippen LogP contribution in [0.3, 0.4) is 0 Å². The Morgan fingerprint density at radius 3 is 2.88 bits per heavy atom. The van der Waals surface area contributed by atoms with E-state index in [9.17, 15) is 5.11 Å². The zero-order valence-electron chi connectivity index (χ0n) is 8.74. The highest BCUT2D eigenvalue weighted by molar-refractivity contribution is 5.54. The molecule has 0 radical (unpaired) electrons. The molecule has 0 amide bonds. The number of aliphatic hydroxyl groups excluding tert-OH is 1. The molecule has 2 aromatic heterocycles. The predicted octanol–water partition coefficient (Wildman–Crippen LogP) is 0.647. The van der Waals surface area contributed by atoms with Crippen molar-refractivity contribution in [3.63, 3.8) is 0 Å². The number of rotatable bonds is 1. The van der Waals surface area contributed by atoms with Gasteiger partial charge in [0.1, 0.15) is 5.82 Å². The average molecular weight is 216 g/mol. The molecule has 1 N–H and O–H groups in total. The fourth-order valence-electron chi connectivity index (χ4n) is 2.02. The molecule has 0 fully saturated rings. The number of aromatic nitrogens is 4. The lowest BCUT2D eigenvalue weighted by molar-refractivity contribution is 0.131. The molecule has 0 saturated carbocycles. The zero-order chi connectivity index (χ0) is 11.0. The van der Waals surface area contributed by atoms with Gasteiger partial charge in [-0.05, 0) is 18.6 Å². The topological polar surface area (TPSA) is 63.8 Å². The summed E-state index contributed by atoms with van der Waals surface area (Å²) in [5, 5.41) is 18.0. The summed E-state index contributed by atoms with van der Waals surface area (Å²) in [6.45, 7) is 0.583. The first kappa shape index (κ1) is 9.47. The van der Waals surface area contributed by atoms with E-state index in [1.165, 1.54) is 0 Å². The van der Waals surface area contributed by atoms with E-state index in [2.05, 4.69) is 15.2 Å². The number of aryl methyl sites for hydroxylation is 1. The summed E-state index contributed by atoms with van der Waals surface area (Å²) in [5.41, 5.74) is 0.989. The molecule has 0 saturated heterocycles. The van der Waals surface area contributed by atoms with Gasteiger partial charge < -0.3 is 9.67 Å². The van der Waals surface area contributed by atoms with Gasteiger partial charge in [-0.25, -0.2) is 0 Å².